The van der Waals surface area contributed by atoms with E-state index in [4.69, 9.17) is 19.6 Å². The third-order valence-electron chi connectivity index (χ3n) is 7.97. The summed E-state index contributed by atoms with van der Waals surface area (Å²) in [6.45, 7) is 8.38. The van der Waals surface area contributed by atoms with E-state index in [2.05, 4.69) is 32.7 Å². The van der Waals surface area contributed by atoms with Crippen LogP contribution in [0.3, 0.4) is 0 Å². The highest BCUT2D eigenvalue weighted by Crippen LogP contribution is 2.30. The van der Waals surface area contributed by atoms with Crippen LogP contribution in [0.1, 0.15) is 18.9 Å². The van der Waals surface area contributed by atoms with E-state index in [-0.39, 0.29) is 5.91 Å². The number of amides is 1. The second-order valence-electron chi connectivity index (χ2n) is 10.7. The zero-order valence-electron chi connectivity index (χ0n) is 23.5. The molecule has 0 atom stereocenters. The van der Waals surface area contributed by atoms with Crippen molar-refractivity contribution >= 4 is 28.3 Å². The second-order valence-corrected chi connectivity index (χ2v) is 10.7. The predicted octanol–water partition coefficient (Wildman–Crippen LogP) is 4.54. The lowest BCUT2D eigenvalue weighted by molar-refractivity contribution is -0.132. The number of ether oxygens (including phenoxy) is 2. The molecule has 0 unspecified atom stereocenters. The second kappa shape index (κ2) is 11.6. The van der Waals surface area contributed by atoms with Gasteiger partial charge in [0.1, 0.15) is 11.5 Å². The number of likely N-dealkylation sites (tertiary alicyclic amines) is 2. The lowest BCUT2D eigenvalue weighted by atomic mass is 9.97. The first-order valence-corrected chi connectivity index (χ1v) is 14.0. The van der Waals surface area contributed by atoms with Gasteiger partial charge in [-0.1, -0.05) is 6.58 Å². The van der Waals surface area contributed by atoms with Crippen LogP contribution in [0.2, 0.25) is 0 Å². The van der Waals surface area contributed by atoms with Crippen molar-refractivity contribution in [1.82, 2.24) is 29.5 Å². The molecule has 10 nitrogen and oxygen atoms in total. The molecule has 2 aromatic heterocycles. The number of hydrogen-bond acceptors (Lipinski definition) is 8. The first-order valence-electron chi connectivity index (χ1n) is 14.0. The zero-order chi connectivity index (χ0) is 28.3. The number of carbonyl (C=O) groups excluding carboxylic acids is 1. The number of rotatable bonds is 9. The van der Waals surface area contributed by atoms with Gasteiger partial charge in [0.2, 0.25) is 5.91 Å². The number of benzene rings is 2. The molecule has 2 aliphatic rings. The Labute approximate surface area is 239 Å². The molecule has 2 fully saturated rings. The molecule has 0 bridgehead atoms. The summed E-state index contributed by atoms with van der Waals surface area (Å²) in [5, 5.41) is 8.11. The molecular weight excluding hydrogens is 518 g/mol. The van der Waals surface area contributed by atoms with E-state index in [1.54, 1.807) is 14.2 Å². The average molecular weight is 554 g/mol. The van der Waals surface area contributed by atoms with Crippen LogP contribution in [0.25, 0.3) is 22.3 Å². The fourth-order valence-corrected chi connectivity index (χ4v) is 5.67. The highest BCUT2D eigenvalue weighted by Gasteiger charge is 2.32. The summed E-state index contributed by atoms with van der Waals surface area (Å²) in [5.74, 6) is 2.03. The minimum Gasteiger partial charge on any atom is -0.497 e. The lowest BCUT2D eigenvalue weighted by Crippen LogP contribution is -2.54. The standard InChI is InChI=1S/C31H35N7O3/c1-4-31(39)37-18-21(19-37)17-36-9-7-25(8-10-36)38-20-22(15-33-38)30-16-32-28-6-5-23(13-29(28)35-30)34-24-11-26(40-2)14-27(12-24)41-3/h4-6,11-16,20-21,25,34H,1,7-10,17-19H2,2-3H3. The largest absolute Gasteiger partial charge is 0.497 e. The molecule has 1 amide bonds. The number of carbonyl (C=O) groups is 1. The summed E-state index contributed by atoms with van der Waals surface area (Å²) in [4.78, 5) is 25.6. The number of anilines is 2. The van der Waals surface area contributed by atoms with Crippen LogP contribution in [0.4, 0.5) is 11.4 Å². The van der Waals surface area contributed by atoms with Crippen LogP contribution >= 0.6 is 0 Å². The topological polar surface area (TPSA) is 97.6 Å². The maximum absolute atomic E-state index is 11.7. The number of piperidine rings is 1. The molecule has 4 aromatic rings. The first kappa shape index (κ1) is 26.8. The van der Waals surface area contributed by atoms with Gasteiger partial charge in [0.25, 0.3) is 0 Å². The van der Waals surface area contributed by atoms with E-state index in [1.807, 2.05) is 53.7 Å². The van der Waals surface area contributed by atoms with E-state index in [0.29, 0.717) is 23.5 Å². The van der Waals surface area contributed by atoms with Gasteiger partial charge in [0.15, 0.2) is 0 Å². The third kappa shape index (κ3) is 5.88. The number of aromatic nitrogens is 4. The van der Waals surface area contributed by atoms with Gasteiger partial charge in [-0.2, -0.15) is 5.10 Å². The summed E-state index contributed by atoms with van der Waals surface area (Å²) in [7, 11) is 3.27. The van der Waals surface area contributed by atoms with Crippen molar-refractivity contribution in [2.75, 3.05) is 52.3 Å². The van der Waals surface area contributed by atoms with Crippen molar-refractivity contribution in [3.05, 3.63) is 67.6 Å². The minimum atomic E-state index is 0.0388. The normalized spacial score (nSPS) is 16.4. The van der Waals surface area contributed by atoms with Crippen molar-refractivity contribution in [3.8, 4) is 22.8 Å². The quantitative estimate of drug-likeness (QED) is 0.302. The molecule has 41 heavy (non-hydrogen) atoms. The van der Waals surface area contributed by atoms with Crippen LogP contribution in [0.5, 0.6) is 11.5 Å². The van der Waals surface area contributed by atoms with E-state index in [1.165, 1.54) is 6.08 Å². The Morgan fingerprint density at radius 2 is 1.78 bits per heavy atom. The number of methoxy groups -OCH3 is 2. The Kier molecular flexibility index (Phi) is 7.56. The van der Waals surface area contributed by atoms with Crippen molar-refractivity contribution < 1.29 is 14.3 Å². The van der Waals surface area contributed by atoms with Crippen LogP contribution in [-0.2, 0) is 4.79 Å². The molecule has 2 aromatic carbocycles. The molecule has 4 heterocycles. The van der Waals surface area contributed by atoms with Crippen molar-refractivity contribution in [2.24, 2.45) is 5.92 Å². The summed E-state index contributed by atoms with van der Waals surface area (Å²) >= 11 is 0. The molecule has 6 rings (SSSR count). The monoisotopic (exact) mass is 553 g/mol. The van der Waals surface area contributed by atoms with Gasteiger partial charge >= 0.3 is 0 Å². The molecule has 2 aliphatic heterocycles. The molecule has 0 aliphatic carbocycles. The molecule has 0 radical (unpaired) electrons. The van der Waals surface area contributed by atoms with E-state index < -0.39 is 0 Å². The first-order chi connectivity index (χ1) is 20.0. The molecule has 0 spiro atoms. The van der Waals surface area contributed by atoms with Gasteiger partial charge in [-0.25, -0.2) is 4.98 Å². The fraction of sp³-hybridized carbons (Fsp3) is 0.355. The highest BCUT2D eigenvalue weighted by molar-refractivity contribution is 5.87. The molecule has 0 saturated carbocycles. The van der Waals surface area contributed by atoms with Crippen molar-refractivity contribution in [2.45, 2.75) is 18.9 Å². The van der Waals surface area contributed by atoms with Crippen LogP contribution in [0, 0.1) is 5.92 Å². The number of nitrogens with zero attached hydrogens (tertiary/aromatic N) is 6. The van der Waals surface area contributed by atoms with Crippen LogP contribution in [-0.4, -0.2) is 82.4 Å². The van der Waals surface area contributed by atoms with Gasteiger partial charge < -0.3 is 24.6 Å². The molecule has 10 heteroatoms. The Morgan fingerprint density at radius 3 is 2.49 bits per heavy atom. The fourth-order valence-electron chi connectivity index (χ4n) is 5.67. The van der Waals surface area contributed by atoms with Gasteiger partial charge in [0.05, 0.1) is 49.4 Å². The van der Waals surface area contributed by atoms with Gasteiger partial charge in [0, 0.05) is 80.0 Å². The summed E-state index contributed by atoms with van der Waals surface area (Å²) < 4.78 is 12.9. The number of nitrogens with one attached hydrogen (secondary N) is 1. The predicted molar refractivity (Wildman–Crippen MR) is 159 cm³/mol. The van der Waals surface area contributed by atoms with E-state index >= 15 is 0 Å². The average Bonchev–Trinajstić information content (AvgIpc) is 3.48. The Morgan fingerprint density at radius 1 is 1.02 bits per heavy atom. The lowest BCUT2D eigenvalue weighted by Gasteiger charge is -2.42. The smallest absolute Gasteiger partial charge is 0.245 e. The summed E-state index contributed by atoms with van der Waals surface area (Å²) in [5.41, 5.74) is 5.13. The molecule has 1 N–H and O–H groups in total. The van der Waals surface area contributed by atoms with Crippen LogP contribution in [0.15, 0.2) is 67.6 Å². The van der Waals surface area contributed by atoms with E-state index in [9.17, 15) is 4.79 Å². The Hall–Kier alpha value is -4.44. The third-order valence-corrected chi connectivity index (χ3v) is 7.97. The van der Waals surface area contributed by atoms with Gasteiger partial charge in [-0.05, 0) is 37.1 Å². The summed E-state index contributed by atoms with van der Waals surface area (Å²) in [6, 6.07) is 12.0. The SMILES string of the molecule is C=CC(=O)N1CC(CN2CCC(n3cc(-c4cnc5ccc(Nc6cc(OC)cc(OC)c6)cc5n4)cn3)CC2)C1. The van der Waals surface area contributed by atoms with Crippen molar-refractivity contribution in [1.29, 1.82) is 0 Å². The molecular formula is C31H35N7O3. The molecule has 212 valence electrons. The van der Waals surface area contributed by atoms with Crippen LogP contribution < -0.4 is 14.8 Å². The number of hydrogen-bond donors (Lipinski definition) is 1. The number of fused-ring (bicyclic) bond motifs is 1. The highest BCUT2D eigenvalue weighted by atomic mass is 16.5. The Balaban J connectivity index is 1.09. The molecule has 2 saturated heterocycles. The maximum Gasteiger partial charge on any atom is 0.245 e. The maximum atomic E-state index is 11.7. The summed E-state index contributed by atoms with van der Waals surface area (Å²) in [6.07, 6.45) is 9.29. The Bertz CT molecular complexity index is 1530. The van der Waals surface area contributed by atoms with Gasteiger partial charge in [-0.15, -0.1) is 0 Å². The van der Waals surface area contributed by atoms with E-state index in [0.717, 1.165) is 79.2 Å². The van der Waals surface area contributed by atoms with Crippen molar-refractivity contribution in [3.63, 3.8) is 0 Å². The minimum absolute atomic E-state index is 0.0388. The van der Waals surface area contributed by atoms with Gasteiger partial charge in [-0.3, -0.25) is 14.5 Å². The zero-order valence-corrected chi connectivity index (χ0v) is 23.5.